The minimum absolute atomic E-state index is 0.149. The van der Waals surface area contributed by atoms with E-state index in [1.165, 1.54) is 141 Å². The monoisotopic (exact) mass is 747 g/mol. The Hall–Kier alpha value is -3.02. The molecule has 4 atom stereocenters. The molecule has 2 aromatic carbocycles. The number of ether oxygens (including phenoxy) is 2. The normalized spacial score (nSPS) is 18.4. The van der Waals surface area contributed by atoms with Gasteiger partial charge in [-0.2, -0.15) is 0 Å². The van der Waals surface area contributed by atoms with E-state index < -0.39 is 0 Å². The van der Waals surface area contributed by atoms with Crippen molar-refractivity contribution >= 4 is 23.3 Å². The minimum Gasteiger partial charge on any atom is -0.427 e. The lowest BCUT2D eigenvalue weighted by molar-refractivity contribution is -0.135. The third kappa shape index (κ3) is 19.5. The van der Waals surface area contributed by atoms with Crippen LogP contribution in [0.4, 0.5) is 11.4 Å². The van der Waals surface area contributed by atoms with E-state index >= 15 is 0 Å². The number of hydrogen-bond acceptors (Lipinski definition) is 6. The molecule has 1 aliphatic carbocycles. The van der Waals surface area contributed by atoms with Crippen LogP contribution >= 0.6 is 0 Å². The second kappa shape index (κ2) is 28.4. The van der Waals surface area contributed by atoms with Crippen molar-refractivity contribution in [3.8, 4) is 11.5 Å². The SMILES string of the molecule is CCCCCCCCC1C(CCCCCC)CCC(CCCCCCCC(=O)Oc2ccc(N)cc2)C1CCCCCCCC(=O)Oc1ccc(N)cc1. The van der Waals surface area contributed by atoms with Gasteiger partial charge in [-0.1, -0.05) is 142 Å². The number of nitrogens with two attached hydrogens (primary N) is 2. The fraction of sp³-hybridized carbons (Fsp3) is 0.708. The quantitative estimate of drug-likeness (QED) is 0.0357. The second-order valence-corrected chi connectivity index (χ2v) is 16.5. The van der Waals surface area contributed by atoms with Crippen LogP contribution in [-0.4, -0.2) is 11.9 Å². The molecule has 0 spiro atoms. The number of rotatable bonds is 30. The predicted molar refractivity (Wildman–Crippen MR) is 228 cm³/mol. The summed E-state index contributed by atoms with van der Waals surface area (Å²) in [4.78, 5) is 24.7. The lowest BCUT2D eigenvalue weighted by Crippen LogP contribution is -2.35. The van der Waals surface area contributed by atoms with Crippen molar-refractivity contribution in [3.05, 3.63) is 48.5 Å². The van der Waals surface area contributed by atoms with Crippen molar-refractivity contribution in [1.82, 2.24) is 0 Å². The molecule has 4 N–H and O–H groups in total. The topological polar surface area (TPSA) is 105 Å². The number of esters is 2. The highest BCUT2D eigenvalue weighted by molar-refractivity contribution is 5.72. The Balaban J connectivity index is 1.46. The van der Waals surface area contributed by atoms with Gasteiger partial charge in [0.15, 0.2) is 0 Å². The van der Waals surface area contributed by atoms with Crippen molar-refractivity contribution in [2.24, 2.45) is 23.7 Å². The van der Waals surface area contributed by atoms with Gasteiger partial charge in [0.2, 0.25) is 0 Å². The standard InChI is InChI=1S/C48H78N2O4/c1-3-5-7-9-13-19-25-45-39(23-17-8-6-4-2)29-30-40(24-18-12-10-15-21-27-47(51)53-43-35-31-41(49)32-36-43)46(45)26-20-14-11-16-22-28-48(52)54-44-37-33-42(50)34-38-44/h31-40,45-46H,3-30,49-50H2,1-2H3. The van der Waals surface area contributed by atoms with Crippen LogP contribution in [0.5, 0.6) is 11.5 Å². The van der Waals surface area contributed by atoms with E-state index in [2.05, 4.69) is 13.8 Å². The summed E-state index contributed by atoms with van der Waals surface area (Å²) in [7, 11) is 0. The van der Waals surface area contributed by atoms with Gasteiger partial charge in [-0.25, -0.2) is 0 Å². The number of carbonyl (C=O) groups excluding carboxylic acids is 2. The molecule has 6 nitrogen and oxygen atoms in total. The third-order valence-electron chi connectivity index (χ3n) is 12.1. The van der Waals surface area contributed by atoms with E-state index in [0.717, 1.165) is 49.4 Å². The molecule has 0 aromatic heterocycles. The van der Waals surface area contributed by atoms with E-state index in [9.17, 15) is 9.59 Å². The largest absolute Gasteiger partial charge is 0.427 e. The molecule has 3 rings (SSSR count). The predicted octanol–water partition coefficient (Wildman–Crippen LogP) is 13.8. The first-order valence-corrected chi connectivity index (χ1v) is 22.5. The molecule has 0 bridgehead atoms. The Morgan fingerprint density at radius 3 is 1.17 bits per heavy atom. The van der Waals surface area contributed by atoms with Gasteiger partial charge in [0, 0.05) is 24.2 Å². The van der Waals surface area contributed by atoms with Crippen LogP contribution in [0.2, 0.25) is 0 Å². The second-order valence-electron chi connectivity index (χ2n) is 16.5. The number of hydrogen-bond donors (Lipinski definition) is 2. The van der Waals surface area contributed by atoms with Crippen molar-refractivity contribution in [3.63, 3.8) is 0 Å². The summed E-state index contributed by atoms with van der Waals surface area (Å²) in [5.41, 5.74) is 12.8. The molecule has 54 heavy (non-hydrogen) atoms. The van der Waals surface area contributed by atoms with Gasteiger partial charge in [0.25, 0.3) is 0 Å². The molecule has 0 aliphatic heterocycles. The van der Waals surface area contributed by atoms with Crippen molar-refractivity contribution in [2.45, 2.75) is 194 Å². The maximum Gasteiger partial charge on any atom is 0.311 e. The van der Waals surface area contributed by atoms with Crippen LogP contribution in [0, 0.1) is 23.7 Å². The van der Waals surface area contributed by atoms with Gasteiger partial charge in [-0.3, -0.25) is 9.59 Å². The minimum atomic E-state index is -0.151. The Bertz CT molecular complexity index is 1250. The lowest BCUT2D eigenvalue weighted by Gasteiger charge is -2.44. The Kier molecular flexibility index (Phi) is 23.9. The van der Waals surface area contributed by atoms with Gasteiger partial charge < -0.3 is 20.9 Å². The van der Waals surface area contributed by atoms with Crippen LogP contribution in [0.1, 0.15) is 194 Å². The Morgan fingerprint density at radius 2 is 0.778 bits per heavy atom. The summed E-state index contributed by atoms with van der Waals surface area (Å²) >= 11 is 0. The third-order valence-corrected chi connectivity index (χ3v) is 12.1. The maximum absolute atomic E-state index is 12.3. The molecule has 1 fully saturated rings. The number of benzene rings is 2. The first-order valence-electron chi connectivity index (χ1n) is 22.5. The highest BCUT2D eigenvalue weighted by atomic mass is 16.5. The summed E-state index contributed by atoms with van der Waals surface area (Å²) in [6, 6.07) is 14.1. The van der Waals surface area contributed by atoms with Crippen LogP contribution in [0.15, 0.2) is 48.5 Å². The zero-order valence-electron chi connectivity index (χ0n) is 34.5. The molecule has 6 heteroatoms. The van der Waals surface area contributed by atoms with Gasteiger partial charge >= 0.3 is 11.9 Å². The number of carbonyl (C=O) groups is 2. The fourth-order valence-corrected chi connectivity index (χ4v) is 8.99. The van der Waals surface area contributed by atoms with Crippen LogP contribution in [0.3, 0.4) is 0 Å². The Labute approximate surface area is 330 Å². The van der Waals surface area contributed by atoms with E-state index in [1.54, 1.807) is 48.5 Å². The average Bonchev–Trinajstić information content (AvgIpc) is 3.16. The zero-order valence-corrected chi connectivity index (χ0v) is 34.5. The maximum atomic E-state index is 12.3. The van der Waals surface area contributed by atoms with Gasteiger partial charge in [0.1, 0.15) is 11.5 Å². The molecule has 1 saturated carbocycles. The van der Waals surface area contributed by atoms with Crippen LogP contribution in [-0.2, 0) is 9.59 Å². The summed E-state index contributed by atoms with van der Waals surface area (Å²) in [5.74, 6) is 4.38. The highest BCUT2D eigenvalue weighted by Gasteiger charge is 2.37. The summed E-state index contributed by atoms with van der Waals surface area (Å²) < 4.78 is 11.0. The molecule has 4 unspecified atom stereocenters. The van der Waals surface area contributed by atoms with Crippen molar-refractivity contribution in [2.75, 3.05) is 11.5 Å². The molecule has 1 aliphatic rings. The summed E-state index contributed by atoms with van der Waals surface area (Å²) in [6.07, 6.45) is 34.8. The highest BCUT2D eigenvalue weighted by Crippen LogP contribution is 2.48. The molecule has 0 heterocycles. The molecule has 0 amide bonds. The zero-order chi connectivity index (χ0) is 38.6. The molecular formula is C48H78N2O4. The van der Waals surface area contributed by atoms with Crippen molar-refractivity contribution in [1.29, 1.82) is 0 Å². The number of nitrogen functional groups attached to an aromatic ring is 2. The van der Waals surface area contributed by atoms with Crippen LogP contribution in [0.25, 0.3) is 0 Å². The molecule has 2 aromatic rings. The number of anilines is 2. The lowest BCUT2D eigenvalue weighted by atomic mass is 9.61. The van der Waals surface area contributed by atoms with E-state index in [-0.39, 0.29) is 11.9 Å². The Morgan fingerprint density at radius 1 is 0.463 bits per heavy atom. The molecule has 0 saturated heterocycles. The van der Waals surface area contributed by atoms with E-state index in [0.29, 0.717) is 35.7 Å². The molecule has 304 valence electrons. The van der Waals surface area contributed by atoms with Gasteiger partial charge in [-0.15, -0.1) is 0 Å². The molecular weight excluding hydrogens is 669 g/mol. The van der Waals surface area contributed by atoms with Crippen LogP contribution < -0.4 is 20.9 Å². The summed E-state index contributed by atoms with van der Waals surface area (Å²) in [6.45, 7) is 4.64. The first kappa shape index (κ1) is 45.4. The summed E-state index contributed by atoms with van der Waals surface area (Å²) in [5, 5.41) is 0. The van der Waals surface area contributed by atoms with E-state index in [4.69, 9.17) is 20.9 Å². The van der Waals surface area contributed by atoms with Gasteiger partial charge in [0.05, 0.1) is 0 Å². The average molecular weight is 747 g/mol. The first-order chi connectivity index (χ1) is 26.4. The van der Waals surface area contributed by atoms with E-state index in [1.807, 2.05) is 0 Å². The van der Waals surface area contributed by atoms with Crippen molar-refractivity contribution < 1.29 is 19.1 Å². The number of unbranched alkanes of at least 4 members (excludes halogenated alkanes) is 16. The molecule has 0 radical (unpaired) electrons. The van der Waals surface area contributed by atoms with Gasteiger partial charge in [-0.05, 0) is 111 Å². The smallest absolute Gasteiger partial charge is 0.311 e. The fourth-order valence-electron chi connectivity index (χ4n) is 8.99.